The van der Waals surface area contributed by atoms with E-state index in [1.807, 2.05) is 26.2 Å². The molecule has 0 N–H and O–H groups in total. The van der Waals surface area contributed by atoms with Crippen LogP contribution in [0.3, 0.4) is 0 Å². The Kier molecular flexibility index (Phi) is 4.45. The van der Waals surface area contributed by atoms with E-state index < -0.39 is 0 Å². The van der Waals surface area contributed by atoms with Crippen LogP contribution in [-0.2, 0) is 12.0 Å². The first-order valence-corrected chi connectivity index (χ1v) is 8.91. The highest BCUT2D eigenvalue weighted by molar-refractivity contribution is 7.18. The summed E-state index contributed by atoms with van der Waals surface area (Å²) in [5.74, 6) is -0.242. The topological polar surface area (TPSA) is 16.1 Å². The van der Waals surface area contributed by atoms with Gasteiger partial charge < -0.3 is 4.90 Å². The summed E-state index contributed by atoms with van der Waals surface area (Å²) < 4.78 is 15.6. The predicted molar refractivity (Wildman–Crippen MR) is 101 cm³/mol. The van der Waals surface area contributed by atoms with Crippen molar-refractivity contribution in [1.29, 1.82) is 0 Å². The third kappa shape index (κ3) is 3.35. The number of benzene rings is 2. The van der Waals surface area contributed by atoms with Crippen molar-refractivity contribution in [3.8, 4) is 11.1 Å². The first-order chi connectivity index (χ1) is 11.3. The molecule has 0 atom stereocenters. The van der Waals surface area contributed by atoms with Crippen molar-refractivity contribution in [1.82, 2.24) is 9.88 Å². The second kappa shape index (κ2) is 6.26. The smallest absolute Gasteiger partial charge is 0.150 e. The Morgan fingerprint density at radius 2 is 1.83 bits per heavy atom. The maximum atomic E-state index is 14.7. The van der Waals surface area contributed by atoms with Crippen molar-refractivity contribution in [3.05, 3.63) is 52.8 Å². The summed E-state index contributed by atoms with van der Waals surface area (Å²) in [6.07, 6.45) is 0. The van der Waals surface area contributed by atoms with E-state index in [1.165, 1.54) is 5.56 Å². The van der Waals surface area contributed by atoms with Gasteiger partial charge in [0.2, 0.25) is 0 Å². The lowest BCUT2D eigenvalue weighted by Gasteiger charge is -2.14. The van der Waals surface area contributed by atoms with Crippen LogP contribution >= 0.6 is 11.3 Å². The average molecular weight is 342 g/mol. The van der Waals surface area contributed by atoms with Crippen molar-refractivity contribution in [2.24, 2.45) is 0 Å². The Morgan fingerprint density at radius 1 is 1.12 bits per heavy atom. The molecule has 0 saturated carbocycles. The highest BCUT2D eigenvalue weighted by Crippen LogP contribution is 2.36. The fraction of sp³-hybridized carbons (Fsp3) is 0.350. The van der Waals surface area contributed by atoms with Gasteiger partial charge in [-0.3, -0.25) is 0 Å². The van der Waals surface area contributed by atoms with E-state index in [1.54, 1.807) is 17.4 Å². The van der Waals surface area contributed by atoms with E-state index in [4.69, 9.17) is 0 Å². The number of halogens is 1. The Labute approximate surface area is 147 Å². The van der Waals surface area contributed by atoms with Gasteiger partial charge in [-0.05, 0) is 42.9 Å². The summed E-state index contributed by atoms with van der Waals surface area (Å²) in [6, 6.07) is 11.9. The van der Waals surface area contributed by atoms with Crippen LogP contribution in [0, 0.1) is 5.82 Å². The first kappa shape index (κ1) is 17.1. The van der Waals surface area contributed by atoms with E-state index in [2.05, 4.69) is 48.9 Å². The minimum absolute atomic E-state index is 0.0703. The summed E-state index contributed by atoms with van der Waals surface area (Å²) in [5, 5.41) is 0.968. The van der Waals surface area contributed by atoms with Crippen LogP contribution in [0.1, 0.15) is 31.3 Å². The molecular formula is C20H23FN2S. The zero-order valence-corrected chi connectivity index (χ0v) is 15.7. The fourth-order valence-corrected chi connectivity index (χ4v) is 3.82. The molecule has 0 amide bonds. The maximum absolute atomic E-state index is 14.7. The standard InChI is InChI=1S/C20H23FN2S/c1-20(2,3)19-22-18-16(21)10-14(11-17(18)24-19)15-9-7-6-8-13(15)12-23(4)5/h6-11H,12H2,1-5H3. The van der Waals surface area contributed by atoms with Gasteiger partial charge in [-0.2, -0.15) is 0 Å². The lowest BCUT2D eigenvalue weighted by molar-refractivity contribution is 0.403. The molecule has 0 bridgehead atoms. The molecule has 0 radical (unpaired) electrons. The van der Waals surface area contributed by atoms with Gasteiger partial charge in [-0.25, -0.2) is 9.37 Å². The quantitative estimate of drug-likeness (QED) is 0.628. The van der Waals surface area contributed by atoms with Gasteiger partial charge in [0.1, 0.15) is 5.52 Å². The van der Waals surface area contributed by atoms with Crippen molar-refractivity contribution < 1.29 is 4.39 Å². The second-order valence-corrected chi connectivity index (χ2v) is 8.50. The van der Waals surface area contributed by atoms with E-state index in [0.29, 0.717) is 5.52 Å². The highest BCUT2D eigenvalue weighted by atomic mass is 32.1. The number of hydrogen-bond acceptors (Lipinski definition) is 3. The van der Waals surface area contributed by atoms with E-state index in [9.17, 15) is 4.39 Å². The molecule has 0 aliphatic heterocycles. The summed E-state index contributed by atoms with van der Waals surface area (Å²) in [7, 11) is 4.08. The molecule has 0 spiro atoms. The minimum Gasteiger partial charge on any atom is -0.305 e. The van der Waals surface area contributed by atoms with E-state index >= 15 is 0 Å². The summed E-state index contributed by atoms with van der Waals surface area (Å²) in [4.78, 5) is 6.65. The molecule has 1 heterocycles. The summed E-state index contributed by atoms with van der Waals surface area (Å²) >= 11 is 1.59. The molecule has 0 fully saturated rings. The molecule has 126 valence electrons. The minimum atomic E-state index is -0.242. The molecule has 0 aliphatic rings. The van der Waals surface area contributed by atoms with Crippen LogP contribution in [0.2, 0.25) is 0 Å². The van der Waals surface area contributed by atoms with Crippen LogP contribution in [0.5, 0.6) is 0 Å². The van der Waals surface area contributed by atoms with Gasteiger partial charge in [0.25, 0.3) is 0 Å². The largest absolute Gasteiger partial charge is 0.305 e. The van der Waals surface area contributed by atoms with Gasteiger partial charge in [0.15, 0.2) is 5.82 Å². The molecule has 2 nitrogen and oxygen atoms in total. The number of rotatable bonds is 3. The van der Waals surface area contributed by atoms with Crippen molar-refractivity contribution in [3.63, 3.8) is 0 Å². The molecule has 3 rings (SSSR count). The number of fused-ring (bicyclic) bond motifs is 1. The normalized spacial score (nSPS) is 12.3. The van der Waals surface area contributed by atoms with E-state index in [-0.39, 0.29) is 11.2 Å². The van der Waals surface area contributed by atoms with Gasteiger partial charge in [0, 0.05) is 12.0 Å². The molecule has 0 aliphatic carbocycles. The van der Waals surface area contributed by atoms with Crippen LogP contribution in [-0.4, -0.2) is 24.0 Å². The van der Waals surface area contributed by atoms with Gasteiger partial charge >= 0.3 is 0 Å². The Morgan fingerprint density at radius 3 is 2.50 bits per heavy atom. The molecule has 0 saturated heterocycles. The second-order valence-electron chi connectivity index (χ2n) is 7.47. The summed E-state index contributed by atoms with van der Waals surface area (Å²) in [5.41, 5.74) is 3.61. The molecule has 2 aromatic carbocycles. The molecule has 0 unspecified atom stereocenters. The first-order valence-electron chi connectivity index (χ1n) is 8.09. The van der Waals surface area contributed by atoms with Gasteiger partial charge in [-0.1, -0.05) is 45.0 Å². The molecule has 1 aromatic heterocycles. The SMILES string of the molecule is CN(C)Cc1ccccc1-c1cc(F)c2nc(C(C)(C)C)sc2c1. The lowest BCUT2D eigenvalue weighted by atomic mass is 9.98. The maximum Gasteiger partial charge on any atom is 0.150 e. The zero-order valence-electron chi connectivity index (χ0n) is 14.9. The fourth-order valence-electron chi connectivity index (χ4n) is 2.75. The van der Waals surface area contributed by atoms with E-state index in [0.717, 1.165) is 27.4 Å². The molecular weight excluding hydrogens is 319 g/mol. The molecule has 3 aromatic rings. The van der Waals surface area contributed by atoms with Crippen LogP contribution in [0.25, 0.3) is 21.3 Å². The van der Waals surface area contributed by atoms with Gasteiger partial charge in [-0.15, -0.1) is 11.3 Å². The van der Waals surface area contributed by atoms with Crippen molar-refractivity contribution in [2.45, 2.75) is 32.7 Å². The van der Waals surface area contributed by atoms with Crippen LogP contribution in [0.4, 0.5) is 4.39 Å². The highest BCUT2D eigenvalue weighted by Gasteiger charge is 2.21. The number of aromatic nitrogens is 1. The van der Waals surface area contributed by atoms with Crippen molar-refractivity contribution >= 4 is 21.6 Å². The lowest BCUT2D eigenvalue weighted by Crippen LogP contribution is -2.11. The Bertz CT molecular complexity index is 875. The molecule has 4 heteroatoms. The van der Waals surface area contributed by atoms with Crippen molar-refractivity contribution in [2.75, 3.05) is 14.1 Å². The third-order valence-electron chi connectivity index (χ3n) is 3.90. The third-order valence-corrected chi connectivity index (χ3v) is 5.33. The monoisotopic (exact) mass is 342 g/mol. The molecule has 24 heavy (non-hydrogen) atoms. The predicted octanol–water partition coefficient (Wildman–Crippen LogP) is 5.46. The zero-order chi connectivity index (χ0) is 17.5. The number of thiazole rings is 1. The number of hydrogen-bond donors (Lipinski definition) is 0. The summed E-state index contributed by atoms with van der Waals surface area (Å²) in [6.45, 7) is 7.15. The van der Waals surface area contributed by atoms with Crippen LogP contribution < -0.4 is 0 Å². The van der Waals surface area contributed by atoms with Gasteiger partial charge in [0.05, 0.1) is 9.71 Å². The Balaban J connectivity index is 2.15. The number of nitrogens with zero attached hydrogens (tertiary/aromatic N) is 2. The Hall–Kier alpha value is -1.78. The average Bonchev–Trinajstić information content (AvgIpc) is 2.92. The van der Waals surface area contributed by atoms with Crippen LogP contribution in [0.15, 0.2) is 36.4 Å².